The zero-order chi connectivity index (χ0) is 27.0. The number of hydrogen-bond donors (Lipinski definition) is 1. The van der Waals surface area contributed by atoms with E-state index in [9.17, 15) is 18.0 Å². The molecule has 3 rings (SSSR count). The summed E-state index contributed by atoms with van der Waals surface area (Å²) in [5, 5.41) is 4.61. The molecule has 36 heavy (non-hydrogen) atoms. The Kier molecular flexibility index (Phi) is 7.61. The predicted molar refractivity (Wildman–Crippen MR) is 137 cm³/mol. The van der Waals surface area contributed by atoms with Gasteiger partial charge in [-0.25, -0.2) is 17.9 Å². The maximum Gasteiger partial charge on any atom is 0.277 e. The highest BCUT2D eigenvalue weighted by Gasteiger charge is 2.41. The van der Waals surface area contributed by atoms with Gasteiger partial charge in [0.2, 0.25) is 15.9 Å². The lowest BCUT2D eigenvalue weighted by atomic mass is 10.0. The molecule has 0 aliphatic carbocycles. The van der Waals surface area contributed by atoms with Gasteiger partial charge in [0.15, 0.2) is 11.3 Å². The number of aryl methyl sites for hydroxylation is 2. The van der Waals surface area contributed by atoms with E-state index in [4.69, 9.17) is 4.74 Å². The van der Waals surface area contributed by atoms with E-state index in [0.29, 0.717) is 41.4 Å². The van der Waals surface area contributed by atoms with E-state index >= 15 is 0 Å². The summed E-state index contributed by atoms with van der Waals surface area (Å²) in [5.74, 6) is 0.783. The highest BCUT2D eigenvalue weighted by atomic mass is 32.2. The second-order valence-electron chi connectivity index (χ2n) is 9.25. The van der Waals surface area contributed by atoms with E-state index in [1.54, 1.807) is 41.8 Å². The van der Waals surface area contributed by atoms with Crippen molar-refractivity contribution in [2.45, 2.75) is 57.9 Å². The zero-order valence-electron chi connectivity index (χ0n) is 22.0. The molecule has 0 fully saturated rings. The number of nitrogens with zero attached hydrogens (tertiary/aromatic N) is 5. The smallest absolute Gasteiger partial charge is 0.277 e. The molecule has 0 aliphatic rings. The number of sulfonamides is 1. The normalized spacial score (nSPS) is 12.4. The molecule has 0 saturated carbocycles. The molecule has 0 atom stereocenters. The van der Waals surface area contributed by atoms with Crippen LogP contribution in [0.25, 0.3) is 16.9 Å². The van der Waals surface area contributed by atoms with Crippen LogP contribution in [0.5, 0.6) is 5.75 Å². The SMILES string of the molecule is CCCc1nc(C)c2c(=O)[nH]c(-c3cc(S(=O)(=O)N(C)C(C)(C)C(=O)N(C)C)ccc3OCC)nn12. The molecule has 12 heteroatoms. The van der Waals surface area contributed by atoms with Crippen LogP contribution in [0.1, 0.15) is 45.6 Å². The van der Waals surface area contributed by atoms with Crippen LogP contribution in [-0.4, -0.2) is 76.4 Å². The van der Waals surface area contributed by atoms with Crippen molar-refractivity contribution in [3.8, 4) is 17.1 Å². The third kappa shape index (κ3) is 4.74. The number of aromatic amines is 1. The van der Waals surface area contributed by atoms with E-state index in [0.717, 1.165) is 10.7 Å². The molecule has 11 nitrogen and oxygen atoms in total. The van der Waals surface area contributed by atoms with Gasteiger partial charge in [-0.2, -0.15) is 4.31 Å². The Morgan fingerprint density at radius 1 is 1.19 bits per heavy atom. The Morgan fingerprint density at radius 2 is 1.86 bits per heavy atom. The molecule has 196 valence electrons. The number of rotatable bonds is 9. The molecule has 1 N–H and O–H groups in total. The monoisotopic (exact) mass is 518 g/mol. The van der Waals surface area contributed by atoms with Crippen LogP contribution in [0.4, 0.5) is 0 Å². The number of H-pyrrole nitrogens is 1. The number of ether oxygens (including phenoxy) is 1. The number of carbonyl (C=O) groups is 1. The van der Waals surface area contributed by atoms with Crippen LogP contribution in [0.2, 0.25) is 0 Å². The summed E-state index contributed by atoms with van der Waals surface area (Å²) in [7, 11) is 0.398. The molecule has 0 saturated heterocycles. The van der Waals surface area contributed by atoms with Crippen molar-refractivity contribution >= 4 is 21.4 Å². The van der Waals surface area contributed by atoms with E-state index in [1.165, 1.54) is 34.7 Å². The number of imidazole rings is 1. The molecule has 1 aromatic carbocycles. The average molecular weight is 519 g/mol. The minimum atomic E-state index is -4.11. The van der Waals surface area contributed by atoms with Crippen LogP contribution in [0.3, 0.4) is 0 Å². The van der Waals surface area contributed by atoms with Crippen molar-refractivity contribution in [1.82, 2.24) is 28.8 Å². The van der Waals surface area contributed by atoms with Gasteiger partial charge in [-0.3, -0.25) is 9.59 Å². The number of benzene rings is 1. The first-order valence-corrected chi connectivity index (χ1v) is 13.2. The van der Waals surface area contributed by atoms with Gasteiger partial charge in [0.1, 0.15) is 17.1 Å². The lowest BCUT2D eigenvalue weighted by Crippen LogP contribution is -2.54. The lowest BCUT2D eigenvalue weighted by molar-refractivity contribution is -0.136. The zero-order valence-corrected chi connectivity index (χ0v) is 22.9. The van der Waals surface area contributed by atoms with Crippen molar-refractivity contribution < 1.29 is 17.9 Å². The number of fused-ring (bicyclic) bond motifs is 1. The first kappa shape index (κ1) is 27.3. The highest BCUT2D eigenvalue weighted by molar-refractivity contribution is 7.89. The molecule has 0 radical (unpaired) electrons. The van der Waals surface area contributed by atoms with Gasteiger partial charge in [-0.1, -0.05) is 6.92 Å². The van der Waals surface area contributed by atoms with Gasteiger partial charge in [-0.05, 0) is 52.3 Å². The van der Waals surface area contributed by atoms with Crippen LogP contribution in [0, 0.1) is 6.92 Å². The molecule has 0 spiro atoms. The quantitative estimate of drug-likeness (QED) is 0.460. The van der Waals surface area contributed by atoms with E-state index < -0.39 is 21.1 Å². The van der Waals surface area contributed by atoms with E-state index in [1.807, 2.05) is 6.92 Å². The Bertz CT molecular complexity index is 1460. The summed E-state index contributed by atoms with van der Waals surface area (Å²) in [6.45, 7) is 8.97. The summed E-state index contributed by atoms with van der Waals surface area (Å²) in [5.41, 5.74) is -0.522. The first-order valence-electron chi connectivity index (χ1n) is 11.7. The van der Waals surface area contributed by atoms with Gasteiger partial charge in [-0.15, -0.1) is 5.10 Å². The lowest BCUT2D eigenvalue weighted by Gasteiger charge is -2.35. The van der Waals surface area contributed by atoms with Gasteiger partial charge < -0.3 is 14.6 Å². The fourth-order valence-corrected chi connectivity index (χ4v) is 5.52. The second kappa shape index (κ2) is 10.0. The molecule has 1 amide bonds. The number of nitrogens with one attached hydrogen (secondary N) is 1. The van der Waals surface area contributed by atoms with E-state index in [2.05, 4.69) is 15.1 Å². The van der Waals surface area contributed by atoms with Crippen LogP contribution < -0.4 is 10.3 Å². The molecule has 2 aromatic heterocycles. The molecule has 0 unspecified atom stereocenters. The minimum absolute atomic E-state index is 0.0681. The molecular formula is C24H34N6O5S. The van der Waals surface area contributed by atoms with Crippen molar-refractivity contribution in [3.63, 3.8) is 0 Å². The number of likely N-dealkylation sites (N-methyl/N-ethyl adjacent to an activating group) is 2. The summed E-state index contributed by atoms with van der Waals surface area (Å²) in [6.07, 6.45) is 1.44. The highest BCUT2D eigenvalue weighted by Crippen LogP contribution is 2.33. The van der Waals surface area contributed by atoms with E-state index in [-0.39, 0.29) is 16.6 Å². The summed E-state index contributed by atoms with van der Waals surface area (Å²) in [6, 6.07) is 4.34. The van der Waals surface area contributed by atoms with Gasteiger partial charge in [0.25, 0.3) is 5.56 Å². The van der Waals surface area contributed by atoms with Gasteiger partial charge >= 0.3 is 0 Å². The molecule has 3 aromatic rings. The van der Waals surface area contributed by atoms with Crippen LogP contribution >= 0.6 is 0 Å². The molecule has 2 heterocycles. The van der Waals surface area contributed by atoms with Crippen molar-refractivity contribution in [3.05, 3.63) is 40.1 Å². The summed E-state index contributed by atoms with van der Waals surface area (Å²) >= 11 is 0. The van der Waals surface area contributed by atoms with Crippen molar-refractivity contribution in [2.75, 3.05) is 27.7 Å². The largest absolute Gasteiger partial charge is 0.493 e. The Labute approximate surface area is 211 Å². The van der Waals surface area contributed by atoms with Gasteiger partial charge in [0, 0.05) is 27.6 Å². The maximum atomic E-state index is 13.6. The first-order chi connectivity index (χ1) is 16.8. The molecular weight excluding hydrogens is 484 g/mol. The standard InChI is InChI=1S/C24H34N6O5S/c1-9-11-19-25-15(3)20-22(31)26-21(27-30(19)20)17-14-16(12-13-18(17)35-10-2)36(33,34)29(8)24(4,5)23(32)28(6)7/h12-14H,9-11H2,1-8H3,(H,26,27,31). The topological polar surface area (TPSA) is 130 Å². The summed E-state index contributed by atoms with van der Waals surface area (Å²) in [4.78, 5) is 34.2. The number of aromatic nitrogens is 4. The minimum Gasteiger partial charge on any atom is -0.493 e. The Balaban J connectivity index is 2.22. The van der Waals surface area contributed by atoms with Crippen molar-refractivity contribution in [1.29, 1.82) is 0 Å². The third-order valence-electron chi connectivity index (χ3n) is 6.10. The third-order valence-corrected chi connectivity index (χ3v) is 8.12. The number of hydrogen-bond acceptors (Lipinski definition) is 7. The Hall–Kier alpha value is -3.25. The Morgan fingerprint density at radius 3 is 2.44 bits per heavy atom. The van der Waals surface area contributed by atoms with Crippen LogP contribution in [-0.2, 0) is 21.2 Å². The molecule has 0 aliphatic heterocycles. The predicted octanol–water partition coefficient (Wildman–Crippen LogP) is 2.23. The second-order valence-corrected chi connectivity index (χ2v) is 11.2. The number of carbonyl (C=O) groups excluding carboxylic acids is 1. The van der Waals surface area contributed by atoms with Crippen molar-refractivity contribution in [2.24, 2.45) is 0 Å². The number of amides is 1. The van der Waals surface area contributed by atoms with Gasteiger partial charge in [0.05, 0.1) is 22.8 Å². The maximum absolute atomic E-state index is 13.6. The van der Waals surface area contributed by atoms with Crippen LogP contribution in [0.15, 0.2) is 27.9 Å². The fourth-order valence-electron chi connectivity index (χ4n) is 4.02. The molecule has 0 bridgehead atoms. The summed E-state index contributed by atoms with van der Waals surface area (Å²) < 4.78 is 35.5. The average Bonchev–Trinajstić information content (AvgIpc) is 3.13. The fraction of sp³-hybridized carbons (Fsp3) is 0.500.